The molecule has 3 aliphatic rings. The van der Waals surface area contributed by atoms with E-state index < -0.39 is 0 Å². The first-order valence-corrected chi connectivity index (χ1v) is 17.9. The molecule has 0 unspecified atom stereocenters. The molecule has 0 spiro atoms. The summed E-state index contributed by atoms with van der Waals surface area (Å²) in [6.45, 7) is 14.2. The Bertz CT molecular complexity index is 2030. The van der Waals surface area contributed by atoms with Crippen LogP contribution in [0.4, 0.5) is 11.5 Å². The summed E-state index contributed by atoms with van der Waals surface area (Å²) >= 11 is 0. The second-order valence-corrected chi connectivity index (χ2v) is 14.5. The molecule has 2 aliphatic heterocycles. The zero-order chi connectivity index (χ0) is 35.8. The number of rotatable bonds is 13. The van der Waals surface area contributed by atoms with Crippen molar-refractivity contribution in [2.45, 2.75) is 64.6 Å². The number of anilines is 2. The highest BCUT2D eigenvalue weighted by molar-refractivity contribution is 6.12. The number of aromatic amines is 2. The fourth-order valence-corrected chi connectivity index (χ4v) is 7.61. The van der Waals surface area contributed by atoms with E-state index in [9.17, 15) is 19.2 Å². The number of carbonyl (C=O) groups is 4. The third-order valence-corrected chi connectivity index (χ3v) is 10.4. The van der Waals surface area contributed by atoms with Gasteiger partial charge in [-0.1, -0.05) is 27.0 Å². The number of nitrogens with zero attached hydrogens (tertiary/aromatic N) is 5. The molecule has 0 aromatic carbocycles. The van der Waals surface area contributed by atoms with E-state index in [-0.39, 0.29) is 53.2 Å². The number of Topliss-reactive ketones (excluding diaryl/α,β-unsaturated/α-hetero) is 2. The van der Waals surface area contributed by atoms with Gasteiger partial charge < -0.3 is 25.4 Å². The van der Waals surface area contributed by atoms with Gasteiger partial charge >= 0.3 is 0 Å². The molecule has 1 saturated carbocycles. The highest BCUT2D eigenvalue weighted by Gasteiger charge is 2.37. The number of amides is 2. The minimum absolute atomic E-state index is 0.0188. The Labute approximate surface area is 296 Å². The lowest BCUT2D eigenvalue weighted by atomic mass is 9.90. The van der Waals surface area contributed by atoms with Gasteiger partial charge in [0.25, 0.3) is 5.65 Å². The number of aromatic nitrogens is 5. The second-order valence-electron chi connectivity index (χ2n) is 14.5. The number of carbonyl (C=O) groups excluding carboxylic acids is 4. The molecule has 266 valence electrons. The quantitative estimate of drug-likeness (QED) is 0.0919. The molecule has 7 rings (SSSR count). The zero-order valence-corrected chi connectivity index (χ0v) is 29.3. The number of nitrogens with one attached hydrogen (secondary N) is 4. The molecule has 2 saturated heterocycles. The van der Waals surface area contributed by atoms with Crippen LogP contribution in [0.5, 0.6) is 0 Å². The molecular formula is C38H46N9O4+. The van der Waals surface area contributed by atoms with E-state index in [4.69, 9.17) is 0 Å². The summed E-state index contributed by atoms with van der Waals surface area (Å²) in [7, 11) is 0. The number of H-pyrrole nitrogens is 2. The maximum atomic E-state index is 13.5. The summed E-state index contributed by atoms with van der Waals surface area (Å²) < 4.78 is 2.15. The Morgan fingerprint density at radius 1 is 0.941 bits per heavy atom. The van der Waals surface area contributed by atoms with E-state index >= 15 is 0 Å². The molecule has 4 aromatic rings. The van der Waals surface area contributed by atoms with E-state index in [0.717, 1.165) is 36.0 Å². The van der Waals surface area contributed by atoms with Crippen molar-refractivity contribution in [3.63, 3.8) is 0 Å². The number of hydrogen-bond acceptors (Lipinski definition) is 8. The summed E-state index contributed by atoms with van der Waals surface area (Å²) in [5.41, 5.74) is 3.49. The van der Waals surface area contributed by atoms with Crippen LogP contribution in [0.1, 0.15) is 66.7 Å². The number of ketones is 2. The number of likely N-dealkylation sites (tertiary alicyclic amines) is 2. The molecule has 3 atom stereocenters. The molecule has 4 N–H and O–H groups in total. The van der Waals surface area contributed by atoms with Gasteiger partial charge in [-0.25, -0.2) is 19.5 Å². The second kappa shape index (κ2) is 14.1. The lowest BCUT2D eigenvalue weighted by molar-refractivity contribution is -0.680. The molecule has 0 radical (unpaired) electrons. The van der Waals surface area contributed by atoms with Crippen molar-refractivity contribution in [3.8, 4) is 0 Å². The molecule has 4 aromatic heterocycles. The van der Waals surface area contributed by atoms with E-state index in [1.807, 2.05) is 32.3 Å². The predicted molar refractivity (Wildman–Crippen MR) is 194 cm³/mol. The third kappa shape index (κ3) is 6.89. The van der Waals surface area contributed by atoms with Crippen molar-refractivity contribution in [3.05, 3.63) is 67.4 Å². The minimum Gasteiger partial charge on any atom is -0.380 e. The maximum Gasteiger partial charge on any atom is 0.289 e. The van der Waals surface area contributed by atoms with Crippen molar-refractivity contribution >= 4 is 57.0 Å². The smallest absolute Gasteiger partial charge is 0.289 e. The van der Waals surface area contributed by atoms with Crippen molar-refractivity contribution < 1.29 is 23.7 Å². The van der Waals surface area contributed by atoms with Crippen molar-refractivity contribution in [1.29, 1.82) is 0 Å². The fraction of sp³-hybridized carbons (Fsp3) is 0.447. The summed E-state index contributed by atoms with van der Waals surface area (Å²) in [6, 6.07) is 1.85. The Kier molecular flexibility index (Phi) is 9.45. The van der Waals surface area contributed by atoms with Crippen molar-refractivity contribution in [1.82, 2.24) is 29.7 Å². The maximum absolute atomic E-state index is 13.5. The SMILES string of the molecule is C=CC(=O)N1CC[C@@H](Nc2cc[n+](C[C@@H]3CCN(C(=O)C=C)C[C@@H]3Nc3ncnc4[nH]cc(C(=O)CC(C)C)c34)c3[nH]cc(C(=O)C4CC4)c23)C1. The van der Waals surface area contributed by atoms with Gasteiger partial charge in [-0.05, 0) is 43.8 Å². The first-order chi connectivity index (χ1) is 24.6. The van der Waals surface area contributed by atoms with Gasteiger partial charge in [-0.2, -0.15) is 0 Å². The minimum atomic E-state index is -0.224. The van der Waals surface area contributed by atoms with Crippen molar-refractivity contribution in [2.24, 2.45) is 17.8 Å². The lowest BCUT2D eigenvalue weighted by Crippen LogP contribution is -2.54. The van der Waals surface area contributed by atoms with Crippen LogP contribution in [0.15, 0.2) is 56.3 Å². The van der Waals surface area contributed by atoms with Crippen molar-refractivity contribution in [2.75, 3.05) is 36.8 Å². The van der Waals surface area contributed by atoms with Crippen LogP contribution in [0.25, 0.3) is 22.1 Å². The van der Waals surface area contributed by atoms with Gasteiger partial charge in [0.15, 0.2) is 11.6 Å². The summed E-state index contributed by atoms with van der Waals surface area (Å²) in [5, 5.41) is 8.77. The standard InChI is InChI=1S/C38H45N9O4/c1-5-31(49)45-13-10-25(19-45)43-28-11-14-47(38-33(28)27(17-40-38)35(51)23-7-8-23)18-24-9-12-46(32(50)6-2)20-29(24)44-37-34-26(30(48)15-22(3)4)16-39-36(34)41-21-42-37/h5-6,11,14,16-17,21-25,29H,1-2,7-10,12-13,15,18-20H2,3-4H3,(H3,39,40,41,42,43,44,48,51)/p+1/t24-,25+,29-/m0/s1. The van der Waals surface area contributed by atoms with Gasteiger partial charge in [-0.15, -0.1) is 0 Å². The molecule has 51 heavy (non-hydrogen) atoms. The van der Waals surface area contributed by atoms with Gasteiger partial charge in [0.1, 0.15) is 23.2 Å². The van der Waals surface area contributed by atoms with Gasteiger partial charge in [0.2, 0.25) is 11.8 Å². The summed E-state index contributed by atoms with van der Waals surface area (Å²) in [6.07, 6.45) is 13.4. The molecule has 6 heterocycles. The first-order valence-electron chi connectivity index (χ1n) is 17.9. The van der Waals surface area contributed by atoms with Gasteiger partial charge in [0, 0.05) is 68.3 Å². The highest BCUT2D eigenvalue weighted by atomic mass is 16.2. The van der Waals surface area contributed by atoms with Crippen LogP contribution in [0.2, 0.25) is 0 Å². The fourth-order valence-electron chi connectivity index (χ4n) is 7.61. The molecule has 1 aliphatic carbocycles. The molecule has 2 amide bonds. The van der Waals surface area contributed by atoms with E-state index in [0.29, 0.717) is 73.5 Å². The predicted octanol–water partition coefficient (Wildman–Crippen LogP) is 4.26. The largest absolute Gasteiger partial charge is 0.380 e. The van der Waals surface area contributed by atoms with Crippen LogP contribution in [-0.4, -0.2) is 91.4 Å². The Morgan fingerprint density at radius 2 is 1.67 bits per heavy atom. The van der Waals surface area contributed by atoms with Crippen LogP contribution >= 0.6 is 0 Å². The topological polar surface area (TPSA) is 160 Å². The molecular weight excluding hydrogens is 646 g/mol. The lowest BCUT2D eigenvalue weighted by Gasteiger charge is -2.38. The zero-order valence-electron chi connectivity index (χ0n) is 29.3. The van der Waals surface area contributed by atoms with E-state index in [1.54, 1.807) is 16.0 Å². The average Bonchev–Trinajstić information content (AvgIpc) is 3.47. The number of piperidine rings is 1. The van der Waals surface area contributed by atoms with Crippen LogP contribution in [0.3, 0.4) is 0 Å². The average molecular weight is 693 g/mol. The monoisotopic (exact) mass is 692 g/mol. The van der Waals surface area contributed by atoms with E-state index in [1.165, 1.54) is 18.5 Å². The van der Waals surface area contributed by atoms with Crippen LogP contribution < -0.4 is 15.2 Å². The molecule has 13 heteroatoms. The Hall–Kier alpha value is -5.33. The van der Waals surface area contributed by atoms with Gasteiger partial charge in [0.05, 0.1) is 41.6 Å². The van der Waals surface area contributed by atoms with Crippen LogP contribution in [-0.2, 0) is 16.1 Å². The number of pyridine rings is 1. The Balaban J connectivity index is 1.21. The molecule has 3 fully saturated rings. The third-order valence-electron chi connectivity index (χ3n) is 10.4. The molecule has 13 nitrogen and oxygen atoms in total. The van der Waals surface area contributed by atoms with Crippen LogP contribution in [0, 0.1) is 17.8 Å². The number of fused-ring (bicyclic) bond motifs is 2. The number of hydrogen-bond donors (Lipinski definition) is 4. The highest BCUT2D eigenvalue weighted by Crippen LogP contribution is 2.37. The first kappa shape index (κ1) is 34.1. The summed E-state index contributed by atoms with van der Waals surface area (Å²) in [4.78, 5) is 71.0. The summed E-state index contributed by atoms with van der Waals surface area (Å²) in [5.74, 6) is 0.785. The van der Waals surface area contributed by atoms with Gasteiger partial charge in [-0.3, -0.25) is 19.2 Å². The normalized spacial score (nSPS) is 20.6. The Morgan fingerprint density at radius 3 is 2.39 bits per heavy atom. The van der Waals surface area contributed by atoms with E-state index in [2.05, 4.69) is 48.3 Å². The molecule has 0 bridgehead atoms.